The number of amides is 1. The second-order valence-electron chi connectivity index (χ2n) is 3.05. The van der Waals surface area contributed by atoms with Crippen molar-refractivity contribution in [3.05, 3.63) is 35.1 Å². The van der Waals surface area contributed by atoms with E-state index in [1.54, 1.807) is 12.1 Å². The standard InChI is InChI=1S/C9H8ClN5O/c10-6-4-15(14-7(6)11)9-5(8(12)16)2-1-3-13-9/h1-4H,(H2,11,14)(H2,12,16). The minimum absolute atomic E-state index is 0.169. The maximum atomic E-state index is 11.2. The van der Waals surface area contributed by atoms with E-state index in [2.05, 4.69) is 10.1 Å². The molecule has 4 N–H and O–H groups in total. The molecule has 82 valence electrons. The van der Waals surface area contributed by atoms with Crippen LogP contribution < -0.4 is 11.5 Å². The Kier molecular flexibility index (Phi) is 2.49. The molecule has 0 atom stereocenters. The van der Waals surface area contributed by atoms with E-state index in [1.165, 1.54) is 17.1 Å². The first kappa shape index (κ1) is 10.4. The molecule has 2 aromatic heterocycles. The van der Waals surface area contributed by atoms with E-state index >= 15 is 0 Å². The Bertz CT molecular complexity index is 531. The molecule has 0 bridgehead atoms. The highest BCUT2D eigenvalue weighted by Gasteiger charge is 2.13. The van der Waals surface area contributed by atoms with Crippen LogP contribution in [0.5, 0.6) is 0 Å². The number of nitrogens with two attached hydrogens (primary N) is 2. The summed E-state index contributed by atoms with van der Waals surface area (Å²) in [5.74, 6) is -0.121. The SMILES string of the molecule is NC(=O)c1cccnc1-n1cc(Cl)c(N)n1. The van der Waals surface area contributed by atoms with Gasteiger partial charge in [0.25, 0.3) is 5.91 Å². The highest BCUT2D eigenvalue weighted by atomic mass is 35.5. The first-order valence-electron chi connectivity index (χ1n) is 4.35. The van der Waals surface area contributed by atoms with Gasteiger partial charge in [0.2, 0.25) is 0 Å². The number of rotatable bonds is 2. The number of primary amides is 1. The number of carbonyl (C=O) groups excluding carboxylic acids is 1. The second-order valence-corrected chi connectivity index (χ2v) is 3.45. The summed E-state index contributed by atoms with van der Waals surface area (Å²) in [5, 5.41) is 4.21. The van der Waals surface area contributed by atoms with Gasteiger partial charge < -0.3 is 11.5 Å². The molecule has 0 saturated carbocycles. The summed E-state index contributed by atoms with van der Waals surface area (Å²) in [6.45, 7) is 0. The van der Waals surface area contributed by atoms with Crippen LogP contribution in [0.4, 0.5) is 5.82 Å². The van der Waals surface area contributed by atoms with E-state index in [9.17, 15) is 4.79 Å². The van der Waals surface area contributed by atoms with Crippen molar-refractivity contribution in [2.45, 2.75) is 0 Å². The fourth-order valence-electron chi connectivity index (χ4n) is 1.25. The second kappa shape index (κ2) is 3.82. The van der Waals surface area contributed by atoms with Crippen molar-refractivity contribution in [3.8, 4) is 5.82 Å². The van der Waals surface area contributed by atoms with Gasteiger partial charge >= 0.3 is 0 Å². The molecule has 0 aliphatic carbocycles. The highest BCUT2D eigenvalue weighted by Crippen LogP contribution is 2.19. The number of nitrogen functional groups attached to an aromatic ring is 1. The summed E-state index contributed by atoms with van der Waals surface area (Å²) in [4.78, 5) is 15.2. The van der Waals surface area contributed by atoms with Crippen molar-refractivity contribution in [3.63, 3.8) is 0 Å². The molecule has 1 amide bonds. The van der Waals surface area contributed by atoms with Crippen LogP contribution in [0.1, 0.15) is 10.4 Å². The Hall–Kier alpha value is -2.08. The van der Waals surface area contributed by atoms with Gasteiger partial charge in [0, 0.05) is 6.20 Å². The third kappa shape index (κ3) is 1.70. The van der Waals surface area contributed by atoms with Crippen molar-refractivity contribution < 1.29 is 4.79 Å². The molecule has 0 aliphatic heterocycles. The van der Waals surface area contributed by atoms with Gasteiger partial charge in [-0.3, -0.25) is 4.79 Å². The van der Waals surface area contributed by atoms with Crippen molar-refractivity contribution in [2.75, 3.05) is 5.73 Å². The number of hydrogen-bond acceptors (Lipinski definition) is 4. The van der Waals surface area contributed by atoms with Gasteiger partial charge in [-0.25, -0.2) is 9.67 Å². The lowest BCUT2D eigenvalue weighted by Gasteiger charge is -2.03. The predicted octanol–water partition coefficient (Wildman–Crippen LogP) is 0.602. The van der Waals surface area contributed by atoms with Crippen LogP contribution in [0.2, 0.25) is 5.02 Å². The maximum absolute atomic E-state index is 11.2. The summed E-state index contributed by atoms with van der Waals surface area (Å²) in [7, 11) is 0. The van der Waals surface area contributed by atoms with Gasteiger partial charge in [-0.05, 0) is 12.1 Å². The third-order valence-electron chi connectivity index (χ3n) is 1.96. The molecule has 6 nitrogen and oxygen atoms in total. The molecule has 2 aromatic rings. The van der Waals surface area contributed by atoms with Gasteiger partial charge in [-0.1, -0.05) is 11.6 Å². The highest BCUT2D eigenvalue weighted by molar-refractivity contribution is 6.32. The molecule has 0 spiro atoms. The lowest BCUT2D eigenvalue weighted by atomic mass is 10.2. The molecule has 0 aliphatic rings. The number of halogens is 1. The van der Waals surface area contributed by atoms with Crippen molar-refractivity contribution >= 4 is 23.3 Å². The monoisotopic (exact) mass is 237 g/mol. The lowest BCUT2D eigenvalue weighted by Crippen LogP contribution is -2.16. The number of anilines is 1. The van der Waals surface area contributed by atoms with E-state index in [0.717, 1.165) is 0 Å². The van der Waals surface area contributed by atoms with Crippen LogP contribution in [-0.2, 0) is 0 Å². The van der Waals surface area contributed by atoms with Crippen molar-refractivity contribution in [2.24, 2.45) is 5.73 Å². The van der Waals surface area contributed by atoms with E-state index in [-0.39, 0.29) is 11.4 Å². The van der Waals surface area contributed by atoms with Crippen LogP contribution >= 0.6 is 11.6 Å². The summed E-state index contributed by atoms with van der Waals surface area (Å²) >= 11 is 5.76. The molecular formula is C9H8ClN5O. The number of carbonyl (C=O) groups is 1. The van der Waals surface area contributed by atoms with E-state index in [0.29, 0.717) is 10.8 Å². The van der Waals surface area contributed by atoms with Gasteiger partial charge in [0.1, 0.15) is 5.02 Å². The van der Waals surface area contributed by atoms with Gasteiger partial charge in [0.05, 0.1) is 11.8 Å². The fourth-order valence-corrected chi connectivity index (χ4v) is 1.38. The van der Waals surface area contributed by atoms with E-state index in [1.807, 2.05) is 0 Å². The number of aromatic nitrogens is 3. The zero-order valence-corrected chi connectivity index (χ0v) is 8.85. The zero-order valence-electron chi connectivity index (χ0n) is 8.09. The average Bonchev–Trinajstić information content (AvgIpc) is 2.59. The largest absolute Gasteiger partial charge is 0.381 e. The Morgan fingerprint density at radius 3 is 2.81 bits per heavy atom. The fraction of sp³-hybridized carbons (Fsp3) is 0. The predicted molar refractivity (Wildman–Crippen MR) is 59.3 cm³/mol. The molecule has 2 heterocycles. The molecule has 0 fully saturated rings. The Balaban J connectivity index is 2.59. The van der Waals surface area contributed by atoms with Crippen molar-refractivity contribution in [1.82, 2.24) is 14.8 Å². The minimum Gasteiger partial charge on any atom is -0.381 e. The molecule has 0 unspecified atom stereocenters. The quantitative estimate of drug-likeness (QED) is 0.799. The van der Waals surface area contributed by atoms with Gasteiger partial charge in [-0.2, -0.15) is 0 Å². The lowest BCUT2D eigenvalue weighted by molar-refractivity contribution is 0.1000. The number of nitrogens with zero attached hydrogens (tertiary/aromatic N) is 3. The Morgan fingerprint density at radius 2 is 2.25 bits per heavy atom. The van der Waals surface area contributed by atoms with Crippen LogP contribution in [0.25, 0.3) is 5.82 Å². The smallest absolute Gasteiger partial charge is 0.252 e. The first-order valence-corrected chi connectivity index (χ1v) is 4.73. The van der Waals surface area contributed by atoms with Crippen LogP contribution in [-0.4, -0.2) is 20.7 Å². The summed E-state index contributed by atoms with van der Waals surface area (Å²) in [6, 6.07) is 3.16. The summed E-state index contributed by atoms with van der Waals surface area (Å²) < 4.78 is 1.32. The van der Waals surface area contributed by atoms with Gasteiger partial charge in [0.15, 0.2) is 11.6 Å². The zero-order chi connectivity index (χ0) is 11.7. The van der Waals surface area contributed by atoms with E-state index in [4.69, 9.17) is 23.1 Å². The minimum atomic E-state index is -0.590. The Labute approximate surface area is 95.8 Å². The molecule has 0 saturated heterocycles. The van der Waals surface area contributed by atoms with Crippen LogP contribution in [0.15, 0.2) is 24.5 Å². The summed E-state index contributed by atoms with van der Waals surface area (Å²) in [6.07, 6.45) is 2.99. The summed E-state index contributed by atoms with van der Waals surface area (Å²) in [5.41, 5.74) is 11.0. The molecule has 7 heteroatoms. The molecule has 0 aromatic carbocycles. The van der Waals surface area contributed by atoms with Crippen molar-refractivity contribution in [1.29, 1.82) is 0 Å². The first-order chi connectivity index (χ1) is 7.59. The molecule has 16 heavy (non-hydrogen) atoms. The Morgan fingerprint density at radius 1 is 1.50 bits per heavy atom. The number of hydrogen-bond donors (Lipinski definition) is 2. The maximum Gasteiger partial charge on any atom is 0.252 e. The third-order valence-corrected chi connectivity index (χ3v) is 2.26. The topological polar surface area (TPSA) is 99.8 Å². The normalized spacial score (nSPS) is 10.3. The number of pyridine rings is 1. The molecule has 2 rings (SSSR count). The molecule has 0 radical (unpaired) electrons. The molecular weight excluding hydrogens is 230 g/mol. The van der Waals surface area contributed by atoms with Crippen LogP contribution in [0.3, 0.4) is 0 Å². The average molecular weight is 238 g/mol. The van der Waals surface area contributed by atoms with E-state index < -0.39 is 5.91 Å². The van der Waals surface area contributed by atoms with Gasteiger partial charge in [-0.15, -0.1) is 5.10 Å². The van der Waals surface area contributed by atoms with Crippen LogP contribution in [0, 0.1) is 0 Å².